The van der Waals surface area contributed by atoms with Crippen molar-refractivity contribution in [2.24, 2.45) is 35.4 Å². The van der Waals surface area contributed by atoms with Crippen LogP contribution in [-0.4, -0.2) is 88.8 Å². The first-order valence-electron chi connectivity index (χ1n) is 30.6. The minimum Gasteiger partial charge on any atom is -0.449 e. The molecule has 0 N–H and O–H groups in total. The lowest BCUT2D eigenvalue weighted by atomic mass is 9.84. The standard InChI is InChI=1S/C75H86N6O12/c1-50-25-15-17-29-61(40-39-50)80-54(5)46-71(86)92-66-38-20-19-37-65(91-70(85)43-51(2)76-14)73(66)93-72(87)47-55(6)79-60-33-22-31-59(32-23-34-60)78-53(4)44-67(82)89-63-36-24-35-62(88-69(84)48-56(7)81-75(11,12)13)41-42-64(49-63)90-68(83)45-52(3)77-58-28-18-16-26-57(27-21-30-58)74(8,9)10/h15-25,27-40,42,49,65H,26,41,43-48H2,1-14H3/b17-15?,18-16-,25-15?,29-17?,30-21-,31-22?,32-23?,33-22?,34-23?,36-24-,40-39?,50-25?,50-39?,57-27-,58-28+,59-31?,59-32?,60-33?,60-34?,61-29?,61-40?,62-35+,63-49-,64-42+,76-51?,77-52?,78-53?,79-55?,80-54?,81-56?. The van der Waals surface area contributed by atoms with Crippen molar-refractivity contribution in [1.29, 1.82) is 0 Å². The fourth-order valence-corrected chi connectivity index (χ4v) is 8.78. The third-order valence-corrected chi connectivity index (χ3v) is 13.1. The van der Waals surface area contributed by atoms with E-state index >= 15 is 0 Å². The van der Waals surface area contributed by atoms with E-state index in [9.17, 15) is 28.8 Å². The Balaban J connectivity index is 1.27. The highest BCUT2D eigenvalue weighted by atomic mass is 16.6. The van der Waals surface area contributed by atoms with E-state index in [1.165, 1.54) is 29.9 Å². The van der Waals surface area contributed by atoms with Crippen molar-refractivity contribution in [3.8, 4) is 0 Å². The van der Waals surface area contributed by atoms with Gasteiger partial charge in [0, 0.05) is 53.8 Å². The average Bonchev–Trinajstić information content (AvgIpc) is 1.90. The van der Waals surface area contributed by atoms with Crippen LogP contribution in [-0.2, 0) is 57.2 Å². The molecule has 1 atom stereocenters. The first kappa shape index (κ1) is 73.6. The first-order chi connectivity index (χ1) is 44.1. The smallest absolute Gasteiger partial charge is 0.317 e. The van der Waals surface area contributed by atoms with Gasteiger partial charge in [-0.1, -0.05) is 111 Å². The molecule has 0 radical (unpaired) electrons. The third kappa shape index (κ3) is 29.2. The largest absolute Gasteiger partial charge is 0.449 e. The normalized spacial score (nSPS) is 21.8. The molecule has 0 heterocycles. The predicted molar refractivity (Wildman–Crippen MR) is 369 cm³/mol. The molecule has 5 aliphatic carbocycles. The zero-order valence-electron chi connectivity index (χ0n) is 55.9. The summed E-state index contributed by atoms with van der Waals surface area (Å²) in [4.78, 5) is 108. The zero-order chi connectivity index (χ0) is 68.1. The number of hydrogen-bond donors (Lipinski definition) is 0. The van der Waals surface area contributed by atoms with E-state index in [1.54, 1.807) is 115 Å². The van der Waals surface area contributed by atoms with Gasteiger partial charge in [-0.25, -0.2) is 0 Å². The molecule has 0 saturated carbocycles. The maximum absolute atomic E-state index is 13.7. The highest BCUT2D eigenvalue weighted by molar-refractivity contribution is 6.01. The molecule has 0 aromatic carbocycles. The van der Waals surface area contributed by atoms with Crippen molar-refractivity contribution in [1.82, 2.24) is 0 Å². The number of aliphatic imine (C=N–C) groups is 6. The summed E-state index contributed by atoms with van der Waals surface area (Å²) in [6.07, 6.45) is 45.6. The maximum Gasteiger partial charge on any atom is 0.317 e. The van der Waals surface area contributed by atoms with Crippen LogP contribution in [0, 0.1) is 5.41 Å². The Kier molecular flexibility index (Phi) is 29.0. The second-order valence-corrected chi connectivity index (χ2v) is 24.2. The van der Waals surface area contributed by atoms with E-state index in [1.807, 2.05) is 88.5 Å². The number of esters is 6. The van der Waals surface area contributed by atoms with Crippen molar-refractivity contribution in [2.45, 2.75) is 153 Å². The summed E-state index contributed by atoms with van der Waals surface area (Å²) >= 11 is 0. The highest BCUT2D eigenvalue weighted by Crippen LogP contribution is 2.29. The summed E-state index contributed by atoms with van der Waals surface area (Å²) in [5, 5.41) is 0. The zero-order valence-corrected chi connectivity index (χ0v) is 55.9. The van der Waals surface area contributed by atoms with Crippen LogP contribution in [0.4, 0.5) is 0 Å². The molecule has 0 aromatic heterocycles. The third-order valence-electron chi connectivity index (χ3n) is 13.1. The number of ether oxygens (including phenoxy) is 6. The Morgan fingerprint density at radius 2 is 0.935 bits per heavy atom. The maximum atomic E-state index is 13.7. The quantitative estimate of drug-likeness (QED) is 0.0559. The van der Waals surface area contributed by atoms with Crippen molar-refractivity contribution in [3.05, 3.63) is 227 Å². The molecule has 1 unspecified atom stereocenters. The number of nitrogens with zero attached hydrogens (tertiary/aromatic N) is 6. The second-order valence-electron chi connectivity index (χ2n) is 24.2. The fraction of sp³-hybridized carbons (Fsp3) is 0.333. The molecule has 0 aliphatic heterocycles. The van der Waals surface area contributed by atoms with E-state index in [0.717, 1.165) is 12.0 Å². The minimum absolute atomic E-state index is 0.000742. The van der Waals surface area contributed by atoms with Crippen molar-refractivity contribution in [2.75, 3.05) is 7.05 Å². The lowest BCUT2D eigenvalue weighted by Gasteiger charge is -2.21. The Hall–Kier alpha value is -10.1. The molecule has 93 heavy (non-hydrogen) atoms. The molecule has 18 heteroatoms. The van der Waals surface area contributed by atoms with Crippen molar-refractivity contribution in [3.63, 3.8) is 0 Å². The van der Waals surface area contributed by atoms with Crippen LogP contribution in [0.2, 0.25) is 0 Å². The summed E-state index contributed by atoms with van der Waals surface area (Å²) in [5.74, 6) is -3.95. The Morgan fingerprint density at radius 1 is 0.452 bits per heavy atom. The van der Waals surface area contributed by atoms with Gasteiger partial charge in [-0.15, -0.1) is 0 Å². The van der Waals surface area contributed by atoms with Crippen LogP contribution in [0.25, 0.3) is 0 Å². The summed E-state index contributed by atoms with van der Waals surface area (Å²) in [6, 6.07) is 0. The van der Waals surface area contributed by atoms with Gasteiger partial charge in [0.25, 0.3) is 0 Å². The van der Waals surface area contributed by atoms with Gasteiger partial charge in [-0.2, -0.15) is 0 Å². The van der Waals surface area contributed by atoms with Crippen LogP contribution in [0.1, 0.15) is 141 Å². The Labute approximate surface area is 547 Å². The van der Waals surface area contributed by atoms with Gasteiger partial charge in [0.05, 0.1) is 66.9 Å². The van der Waals surface area contributed by atoms with Gasteiger partial charge < -0.3 is 28.4 Å². The molecule has 0 aromatic rings. The van der Waals surface area contributed by atoms with E-state index in [2.05, 4.69) is 57.9 Å². The molecule has 5 rings (SSSR count). The van der Waals surface area contributed by atoms with Crippen molar-refractivity contribution >= 4 is 70.1 Å². The molecule has 0 fully saturated rings. The van der Waals surface area contributed by atoms with E-state index in [4.69, 9.17) is 33.4 Å². The first-order valence-corrected chi connectivity index (χ1v) is 30.6. The number of hydrogen-bond acceptors (Lipinski definition) is 18. The molecule has 0 spiro atoms. The van der Waals surface area contributed by atoms with E-state index in [-0.39, 0.29) is 84.7 Å². The SMILES string of the molecule is CN=C(C)CC(=O)OC1C=CC=CC(OC(=O)CC(C)=NC2=CC=CC=C(C)C=C2)=C1OC(=O)CC(C)=NC1=CC=CC(N=C(C)CC(=O)OC2=C\C(OC(=O)CC(C)=NC3=C/C=C\C/C(C(C)(C)C)=C/C=C\3)=C/C\C(OC(=O)CC(C)=NC(C)(C)C)=C/C=C\2)=CC=C1. The lowest BCUT2D eigenvalue weighted by Crippen LogP contribution is -2.25. The number of carbonyl (C=O) groups excluding carboxylic acids is 6. The van der Waals surface area contributed by atoms with Gasteiger partial charge in [0.2, 0.25) is 0 Å². The second kappa shape index (κ2) is 36.7. The molecular formula is C75H86N6O12. The molecule has 0 bridgehead atoms. The number of allylic oxidation sites excluding steroid dienone is 28. The monoisotopic (exact) mass is 1260 g/mol. The molecule has 5 aliphatic rings. The number of carbonyl (C=O) groups is 6. The Morgan fingerprint density at radius 3 is 1.52 bits per heavy atom. The van der Waals surface area contributed by atoms with Crippen LogP contribution in [0.5, 0.6) is 0 Å². The van der Waals surface area contributed by atoms with E-state index < -0.39 is 41.9 Å². The van der Waals surface area contributed by atoms with Crippen LogP contribution < -0.4 is 0 Å². The van der Waals surface area contributed by atoms with Crippen LogP contribution in [0.15, 0.2) is 257 Å². The summed E-state index contributed by atoms with van der Waals surface area (Å²) < 4.78 is 34.9. The lowest BCUT2D eigenvalue weighted by molar-refractivity contribution is -0.150. The van der Waals surface area contributed by atoms with Gasteiger partial charge in [-0.3, -0.25) is 58.7 Å². The predicted octanol–water partition coefficient (Wildman–Crippen LogP) is 15.3. The highest BCUT2D eigenvalue weighted by Gasteiger charge is 2.29. The van der Waals surface area contributed by atoms with Gasteiger partial charge in [-0.05, 0) is 160 Å². The fourth-order valence-electron chi connectivity index (χ4n) is 8.78. The van der Waals surface area contributed by atoms with Gasteiger partial charge in [0.15, 0.2) is 17.6 Å². The molecule has 0 amide bonds. The van der Waals surface area contributed by atoms with Gasteiger partial charge >= 0.3 is 35.8 Å². The molecular weight excluding hydrogens is 1180 g/mol. The Bertz CT molecular complexity index is 3720. The summed E-state index contributed by atoms with van der Waals surface area (Å²) in [6.45, 7) is 24.5. The van der Waals surface area contributed by atoms with Crippen LogP contribution >= 0.6 is 0 Å². The van der Waals surface area contributed by atoms with Crippen LogP contribution in [0.3, 0.4) is 0 Å². The molecule has 18 nitrogen and oxygen atoms in total. The average molecular weight is 1260 g/mol. The minimum atomic E-state index is -1.25. The van der Waals surface area contributed by atoms with E-state index in [0.29, 0.717) is 57.1 Å². The molecule has 488 valence electrons. The summed E-state index contributed by atoms with van der Waals surface area (Å²) in [7, 11) is 1.55. The summed E-state index contributed by atoms with van der Waals surface area (Å²) in [5.41, 5.74) is 7.06. The van der Waals surface area contributed by atoms with Crippen molar-refractivity contribution < 1.29 is 57.2 Å². The molecule has 0 saturated heterocycles. The topological polar surface area (TPSA) is 232 Å². The van der Waals surface area contributed by atoms with Gasteiger partial charge in [0.1, 0.15) is 17.3 Å². The number of rotatable bonds is 22.